The molecule has 2 rings (SSSR count). The fraction of sp³-hybridized carbons (Fsp3) is 0.538. The molecule has 0 aliphatic carbocycles. The van der Waals surface area contributed by atoms with Crippen LogP contribution in [-0.2, 0) is 11.3 Å². The van der Waals surface area contributed by atoms with Crippen LogP contribution in [0.1, 0.15) is 30.5 Å². The zero-order valence-corrected chi connectivity index (χ0v) is 12.7. The predicted molar refractivity (Wildman–Crippen MR) is 74.9 cm³/mol. The number of ketones is 1. The van der Waals surface area contributed by atoms with Gasteiger partial charge in [0.2, 0.25) is 5.88 Å². The minimum absolute atomic E-state index is 0.0253. The van der Waals surface area contributed by atoms with Crippen molar-refractivity contribution >= 4 is 23.1 Å². The number of nitrogen functional groups attached to an aromatic ring is 1. The van der Waals surface area contributed by atoms with Crippen molar-refractivity contribution in [3.05, 3.63) is 16.3 Å². The highest BCUT2D eigenvalue weighted by molar-refractivity contribution is 6.34. The Morgan fingerprint density at radius 2 is 2.14 bits per heavy atom. The summed E-state index contributed by atoms with van der Waals surface area (Å²) in [6.07, 6.45) is -4.93. The van der Waals surface area contributed by atoms with Crippen molar-refractivity contribution in [1.29, 1.82) is 0 Å². The van der Waals surface area contributed by atoms with Crippen molar-refractivity contribution < 1.29 is 22.7 Å². The van der Waals surface area contributed by atoms with E-state index in [2.05, 4.69) is 10.3 Å². The number of nitrogens with two attached hydrogens (primary N) is 1. The second-order valence-corrected chi connectivity index (χ2v) is 5.52. The van der Waals surface area contributed by atoms with Crippen molar-refractivity contribution in [1.82, 2.24) is 10.3 Å². The van der Waals surface area contributed by atoms with Gasteiger partial charge in [0.15, 0.2) is 0 Å². The van der Waals surface area contributed by atoms with E-state index in [1.807, 2.05) is 0 Å². The second kappa shape index (κ2) is 5.92. The van der Waals surface area contributed by atoms with Crippen LogP contribution in [0.5, 0.6) is 5.88 Å². The molecule has 3 N–H and O–H groups in total. The van der Waals surface area contributed by atoms with Crippen LogP contribution in [0.3, 0.4) is 0 Å². The lowest BCUT2D eigenvalue weighted by Crippen LogP contribution is -2.43. The highest BCUT2D eigenvalue weighted by atomic mass is 35.5. The molecule has 0 bridgehead atoms. The number of hydrogen-bond donors (Lipinski definition) is 2. The van der Waals surface area contributed by atoms with Crippen molar-refractivity contribution in [3.63, 3.8) is 0 Å². The number of nitrogens with one attached hydrogen (secondary N) is 1. The number of pyridine rings is 1. The van der Waals surface area contributed by atoms with Gasteiger partial charge in [-0.25, -0.2) is 4.98 Å². The van der Waals surface area contributed by atoms with Crippen LogP contribution in [-0.4, -0.2) is 30.1 Å². The average Bonchev–Trinajstić information content (AvgIpc) is 2.60. The number of anilines is 1. The number of rotatable bonds is 2. The molecule has 0 fully saturated rings. The maximum atomic E-state index is 12.6. The average molecular weight is 338 g/mol. The quantitative estimate of drug-likeness (QED) is 0.866. The fourth-order valence-electron chi connectivity index (χ4n) is 2.57. The summed E-state index contributed by atoms with van der Waals surface area (Å²) in [5.74, 6) is -2.10. The van der Waals surface area contributed by atoms with Crippen LogP contribution >= 0.6 is 11.6 Å². The fourth-order valence-corrected chi connectivity index (χ4v) is 2.95. The first-order valence-corrected chi connectivity index (χ1v) is 6.90. The largest absolute Gasteiger partial charge is 0.479 e. The topological polar surface area (TPSA) is 77.2 Å². The molecule has 22 heavy (non-hydrogen) atoms. The van der Waals surface area contributed by atoms with Gasteiger partial charge in [0.25, 0.3) is 5.78 Å². The van der Waals surface area contributed by atoms with Gasteiger partial charge >= 0.3 is 6.18 Å². The summed E-state index contributed by atoms with van der Waals surface area (Å²) < 4.78 is 42.8. The molecule has 0 saturated heterocycles. The number of Topliss-reactive ketones (excluding diaryl/α,β-unsaturated/α-hetero) is 1. The first kappa shape index (κ1) is 16.8. The van der Waals surface area contributed by atoms with Gasteiger partial charge in [-0.2, -0.15) is 13.2 Å². The van der Waals surface area contributed by atoms with E-state index in [9.17, 15) is 18.0 Å². The molecule has 2 atom stereocenters. The number of nitrogens with zero attached hydrogens (tertiary/aromatic N) is 1. The summed E-state index contributed by atoms with van der Waals surface area (Å²) in [7, 11) is 1.37. The van der Waals surface area contributed by atoms with Crippen molar-refractivity contribution in [2.45, 2.75) is 38.0 Å². The number of carbonyl (C=O) groups excluding carboxylic acids is 1. The van der Waals surface area contributed by atoms with Crippen LogP contribution in [0.2, 0.25) is 5.02 Å². The maximum absolute atomic E-state index is 12.6. The molecule has 0 amide bonds. The number of hydrogen-bond acceptors (Lipinski definition) is 5. The molecule has 1 aromatic rings. The molecule has 0 aromatic carbocycles. The Hall–Kier alpha value is -1.54. The zero-order chi connectivity index (χ0) is 16.7. The molecule has 1 aliphatic heterocycles. The van der Waals surface area contributed by atoms with Crippen molar-refractivity contribution in [3.8, 4) is 5.88 Å². The number of fused-ring (bicyclic) bond motifs is 1. The normalized spacial score (nSPS) is 21.9. The third kappa shape index (κ3) is 2.98. The van der Waals surface area contributed by atoms with Crippen LogP contribution in [0.25, 0.3) is 0 Å². The third-order valence-electron chi connectivity index (χ3n) is 3.64. The minimum Gasteiger partial charge on any atom is -0.479 e. The van der Waals surface area contributed by atoms with E-state index in [-0.39, 0.29) is 29.6 Å². The van der Waals surface area contributed by atoms with E-state index in [0.29, 0.717) is 11.3 Å². The Morgan fingerprint density at radius 3 is 2.68 bits per heavy atom. The number of methoxy groups -OCH3 is 1. The predicted octanol–water partition coefficient (Wildman–Crippen LogP) is 2.42. The summed E-state index contributed by atoms with van der Waals surface area (Å²) in [6, 6.07) is -1.34. The van der Waals surface area contributed by atoms with Crippen LogP contribution in [0.4, 0.5) is 18.9 Å². The molecular weight excluding hydrogens is 323 g/mol. The Morgan fingerprint density at radius 1 is 1.50 bits per heavy atom. The van der Waals surface area contributed by atoms with Crippen LogP contribution in [0.15, 0.2) is 0 Å². The van der Waals surface area contributed by atoms with Gasteiger partial charge in [-0.15, -0.1) is 0 Å². The molecular formula is C13H15ClF3N3O2. The lowest BCUT2D eigenvalue weighted by molar-refractivity contribution is -0.173. The molecule has 0 saturated carbocycles. The molecule has 2 heterocycles. The molecule has 1 aromatic heterocycles. The Bertz CT molecular complexity index is 607. The van der Waals surface area contributed by atoms with Crippen LogP contribution < -0.4 is 15.8 Å². The Kier molecular flexibility index (Phi) is 4.53. The molecule has 0 spiro atoms. The molecule has 2 unspecified atom stereocenters. The first-order chi connectivity index (χ1) is 10.2. The number of halogens is 4. The van der Waals surface area contributed by atoms with E-state index in [4.69, 9.17) is 22.1 Å². The summed E-state index contributed by atoms with van der Waals surface area (Å²) in [6.45, 7) is 1.66. The first-order valence-electron chi connectivity index (χ1n) is 6.53. The highest BCUT2D eigenvalue weighted by Crippen LogP contribution is 2.40. The standard InChI is InChI=1S/C13H15ClF3N3O2/c1-5-3-6(11(21)13(15,16)17)19-4-7-8(5)9(14)10(18)12(20-7)22-2/h5-6,19H,3-4,18H2,1-2H3. The molecule has 0 radical (unpaired) electrons. The number of ether oxygens (including phenoxy) is 1. The molecule has 5 nitrogen and oxygen atoms in total. The number of aromatic nitrogens is 1. The summed E-state index contributed by atoms with van der Waals surface area (Å²) in [4.78, 5) is 15.6. The van der Waals surface area contributed by atoms with Gasteiger partial charge in [-0.05, 0) is 17.9 Å². The second-order valence-electron chi connectivity index (χ2n) is 5.14. The smallest absolute Gasteiger partial charge is 0.451 e. The lowest BCUT2D eigenvalue weighted by Gasteiger charge is -2.19. The summed E-state index contributed by atoms with van der Waals surface area (Å²) in [5, 5.41) is 2.79. The molecule has 122 valence electrons. The van der Waals surface area contributed by atoms with Gasteiger partial charge in [-0.1, -0.05) is 18.5 Å². The van der Waals surface area contributed by atoms with E-state index < -0.39 is 23.9 Å². The summed E-state index contributed by atoms with van der Waals surface area (Å²) in [5.41, 5.74) is 6.92. The Balaban J connectivity index is 2.40. The number of carbonyl (C=O) groups is 1. The van der Waals surface area contributed by atoms with Gasteiger partial charge in [0.05, 0.1) is 23.9 Å². The minimum atomic E-state index is -4.89. The van der Waals surface area contributed by atoms with Crippen LogP contribution in [0, 0.1) is 0 Å². The van der Waals surface area contributed by atoms with E-state index in [0.717, 1.165) is 0 Å². The highest BCUT2D eigenvalue weighted by Gasteiger charge is 2.44. The molecule has 1 aliphatic rings. The van der Waals surface area contributed by atoms with E-state index in [1.165, 1.54) is 7.11 Å². The lowest BCUT2D eigenvalue weighted by atomic mass is 9.92. The van der Waals surface area contributed by atoms with Gasteiger partial charge in [0, 0.05) is 6.54 Å². The maximum Gasteiger partial charge on any atom is 0.451 e. The Labute approximate surface area is 130 Å². The van der Waals surface area contributed by atoms with Gasteiger partial charge < -0.3 is 15.8 Å². The SMILES string of the molecule is COc1nc2c(c(Cl)c1N)C(C)CC(C(=O)C(F)(F)F)NC2. The van der Waals surface area contributed by atoms with Crippen molar-refractivity contribution in [2.24, 2.45) is 0 Å². The van der Waals surface area contributed by atoms with Crippen molar-refractivity contribution in [2.75, 3.05) is 12.8 Å². The number of alkyl halides is 3. The van der Waals surface area contributed by atoms with Gasteiger partial charge in [-0.3, -0.25) is 4.79 Å². The van der Waals surface area contributed by atoms with Gasteiger partial charge in [0.1, 0.15) is 5.69 Å². The molecule has 9 heteroatoms. The third-order valence-corrected chi connectivity index (χ3v) is 4.05. The zero-order valence-electron chi connectivity index (χ0n) is 11.9. The summed E-state index contributed by atoms with van der Waals surface area (Å²) >= 11 is 6.20. The van der Waals surface area contributed by atoms with E-state index >= 15 is 0 Å². The van der Waals surface area contributed by atoms with E-state index in [1.54, 1.807) is 6.92 Å². The monoisotopic (exact) mass is 337 g/mol.